The standard InChI is InChI=1S/C19H29N3O2/c1-14-7-5-6-8-15(14)13-17(23)22-11-9-16(10-12-22)20-18(24)21-19(2,3)4/h5-8,16H,9-13H2,1-4H3,(H2,20,21,24). The SMILES string of the molecule is Cc1ccccc1CC(=O)N1CCC(NC(=O)NC(C)(C)C)CC1. The van der Waals surface area contributed by atoms with Gasteiger partial charge in [-0.2, -0.15) is 0 Å². The second-order valence-corrected chi connectivity index (χ2v) is 7.61. The maximum Gasteiger partial charge on any atom is 0.315 e. The number of hydrogen-bond acceptors (Lipinski definition) is 2. The molecule has 5 heteroatoms. The highest BCUT2D eigenvalue weighted by atomic mass is 16.2. The molecule has 1 saturated heterocycles. The number of benzene rings is 1. The Labute approximate surface area is 144 Å². The molecule has 0 bridgehead atoms. The van der Waals surface area contributed by atoms with E-state index in [0.29, 0.717) is 19.5 Å². The minimum absolute atomic E-state index is 0.132. The maximum atomic E-state index is 12.5. The van der Waals surface area contributed by atoms with Crippen LogP contribution in [0.3, 0.4) is 0 Å². The van der Waals surface area contributed by atoms with Crippen molar-refractivity contribution in [3.05, 3.63) is 35.4 Å². The number of nitrogens with zero attached hydrogens (tertiary/aromatic N) is 1. The molecular weight excluding hydrogens is 302 g/mol. The zero-order chi connectivity index (χ0) is 17.7. The van der Waals surface area contributed by atoms with E-state index < -0.39 is 0 Å². The summed E-state index contributed by atoms with van der Waals surface area (Å²) in [5, 5.41) is 5.91. The van der Waals surface area contributed by atoms with Crippen LogP contribution in [-0.2, 0) is 11.2 Å². The summed E-state index contributed by atoms with van der Waals surface area (Å²) in [4.78, 5) is 26.3. The van der Waals surface area contributed by atoms with Crippen molar-refractivity contribution in [3.8, 4) is 0 Å². The minimum Gasteiger partial charge on any atom is -0.342 e. The van der Waals surface area contributed by atoms with Crippen molar-refractivity contribution in [1.82, 2.24) is 15.5 Å². The number of likely N-dealkylation sites (tertiary alicyclic amines) is 1. The highest BCUT2D eigenvalue weighted by Crippen LogP contribution is 2.14. The second kappa shape index (κ2) is 7.69. The number of amides is 3. The summed E-state index contributed by atoms with van der Waals surface area (Å²) in [5.74, 6) is 0.168. The van der Waals surface area contributed by atoms with Gasteiger partial charge in [-0.3, -0.25) is 4.79 Å². The maximum absolute atomic E-state index is 12.5. The highest BCUT2D eigenvalue weighted by Gasteiger charge is 2.25. The quantitative estimate of drug-likeness (QED) is 0.894. The predicted molar refractivity (Wildman–Crippen MR) is 95.9 cm³/mol. The highest BCUT2D eigenvalue weighted by molar-refractivity contribution is 5.79. The average Bonchev–Trinajstić information content (AvgIpc) is 2.48. The van der Waals surface area contributed by atoms with Crippen LogP contribution in [0.15, 0.2) is 24.3 Å². The summed E-state index contributed by atoms with van der Waals surface area (Å²) in [6, 6.07) is 8.01. The van der Waals surface area contributed by atoms with Gasteiger partial charge in [-0.05, 0) is 51.7 Å². The molecule has 1 aliphatic rings. The normalized spacial score (nSPS) is 15.9. The van der Waals surface area contributed by atoms with Crippen molar-refractivity contribution in [1.29, 1.82) is 0 Å². The fourth-order valence-corrected chi connectivity index (χ4v) is 2.92. The van der Waals surface area contributed by atoms with Gasteiger partial charge in [0.25, 0.3) is 0 Å². The fourth-order valence-electron chi connectivity index (χ4n) is 2.92. The molecule has 0 atom stereocenters. The van der Waals surface area contributed by atoms with Gasteiger partial charge < -0.3 is 15.5 Å². The molecule has 1 fully saturated rings. The molecule has 0 radical (unpaired) electrons. The third-order valence-corrected chi connectivity index (χ3v) is 4.27. The van der Waals surface area contributed by atoms with E-state index in [0.717, 1.165) is 24.0 Å². The van der Waals surface area contributed by atoms with Crippen LogP contribution in [0.4, 0.5) is 4.79 Å². The van der Waals surface area contributed by atoms with Crippen molar-refractivity contribution >= 4 is 11.9 Å². The second-order valence-electron chi connectivity index (χ2n) is 7.61. The fraction of sp³-hybridized carbons (Fsp3) is 0.579. The zero-order valence-electron chi connectivity index (χ0n) is 15.2. The summed E-state index contributed by atoms with van der Waals surface area (Å²) in [7, 11) is 0. The molecule has 1 aromatic rings. The first-order valence-corrected chi connectivity index (χ1v) is 8.65. The Morgan fingerprint density at radius 2 is 1.79 bits per heavy atom. The first-order valence-electron chi connectivity index (χ1n) is 8.65. The van der Waals surface area contributed by atoms with Gasteiger partial charge in [-0.15, -0.1) is 0 Å². The molecule has 132 valence electrons. The van der Waals surface area contributed by atoms with Crippen LogP contribution >= 0.6 is 0 Å². The third-order valence-electron chi connectivity index (χ3n) is 4.27. The number of nitrogens with one attached hydrogen (secondary N) is 2. The Morgan fingerprint density at radius 3 is 2.38 bits per heavy atom. The Bertz CT molecular complexity index is 585. The average molecular weight is 331 g/mol. The Balaban J connectivity index is 1.79. The monoisotopic (exact) mass is 331 g/mol. The van der Waals surface area contributed by atoms with Gasteiger partial charge >= 0.3 is 6.03 Å². The van der Waals surface area contributed by atoms with Gasteiger partial charge in [-0.25, -0.2) is 4.79 Å². The molecule has 0 saturated carbocycles. The van der Waals surface area contributed by atoms with Gasteiger partial charge in [0.15, 0.2) is 0 Å². The Morgan fingerprint density at radius 1 is 1.17 bits per heavy atom. The van der Waals surface area contributed by atoms with E-state index in [1.807, 2.05) is 56.9 Å². The molecule has 0 spiro atoms. The van der Waals surface area contributed by atoms with E-state index in [9.17, 15) is 9.59 Å². The predicted octanol–water partition coefficient (Wildman–Crippen LogP) is 2.63. The Hall–Kier alpha value is -2.04. The van der Waals surface area contributed by atoms with E-state index in [4.69, 9.17) is 0 Å². The van der Waals surface area contributed by atoms with E-state index >= 15 is 0 Å². The van der Waals surface area contributed by atoms with Crippen LogP contribution in [0.25, 0.3) is 0 Å². The molecular formula is C19H29N3O2. The smallest absolute Gasteiger partial charge is 0.315 e. The van der Waals surface area contributed by atoms with Crippen LogP contribution < -0.4 is 10.6 Å². The number of urea groups is 1. The van der Waals surface area contributed by atoms with Crippen molar-refractivity contribution in [3.63, 3.8) is 0 Å². The largest absolute Gasteiger partial charge is 0.342 e. The molecule has 24 heavy (non-hydrogen) atoms. The molecule has 0 aliphatic carbocycles. The molecule has 5 nitrogen and oxygen atoms in total. The topological polar surface area (TPSA) is 61.4 Å². The van der Waals surface area contributed by atoms with Crippen LogP contribution in [0.5, 0.6) is 0 Å². The van der Waals surface area contributed by atoms with Crippen LogP contribution in [0, 0.1) is 6.92 Å². The summed E-state index contributed by atoms with van der Waals surface area (Å²) in [6.45, 7) is 9.31. The number of piperidine rings is 1. The van der Waals surface area contributed by atoms with Gasteiger partial charge in [0.2, 0.25) is 5.91 Å². The third kappa shape index (κ3) is 5.55. The lowest BCUT2D eigenvalue weighted by atomic mass is 10.0. The van der Waals surface area contributed by atoms with Crippen LogP contribution in [-0.4, -0.2) is 41.5 Å². The zero-order valence-corrected chi connectivity index (χ0v) is 15.2. The summed E-state index contributed by atoms with van der Waals surface area (Å²) in [5.41, 5.74) is 2.00. The number of rotatable bonds is 3. The van der Waals surface area contributed by atoms with E-state index in [2.05, 4.69) is 10.6 Å². The molecule has 3 amide bonds. The lowest BCUT2D eigenvalue weighted by Crippen LogP contribution is -2.52. The molecule has 2 rings (SSSR count). The summed E-state index contributed by atoms with van der Waals surface area (Å²) >= 11 is 0. The molecule has 1 aromatic carbocycles. The lowest BCUT2D eigenvalue weighted by Gasteiger charge is -2.33. The molecule has 1 heterocycles. The van der Waals surface area contributed by atoms with Gasteiger partial charge in [0.1, 0.15) is 0 Å². The molecule has 0 unspecified atom stereocenters. The Kier molecular flexibility index (Phi) is 5.86. The lowest BCUT2D eigenvalue weighted by molar-refractivity contribution is -0.131. The van der Waals surface area contributed by atoms with E-state index in [1.54, 1.807) is 0 Å². The first-order chi connectivity index (χ1) is 11.2. The van der Waals surface area contributed by atoms with Gasteiger partial charge in [-0.1, -0.05) is 24.3 Å². The molecule has 0 aromatic heterocycles. The van der Waals surface area contributed by atoms with E-state index in [1.165, 1.54) is 0 Å². The van der Waals surface area contributed by atoms with Crippen LogP contribution in [0.1, 0.15) is 44.7 Å². The van der Waals surface area contributed by atoms with E-state index in [-0.39, 0.29) is 23.5 Å². The molecule has 2 N–H and O–H groups in total. The van der Waals surface area contributed by atoms with Gasteiger partial charge in [0, 0.05) is 24.7 Å². The number of hydrogen-bond donors (Lipinski definition) is 2. The number of carbonyl (C=O) groups excluding carboxylic acids is 2. The summed E-state index contributed by atoms with van der Waals surface area (Å²) < 4.78 is 0. The number of carbonyl (C=O) groups is 2. The first kappa shape index (κ1) is 18.3. The van der Waals surface area contributed by atoms with Gasteiger partial charge in [0.05, 0.1) is 6.42 Å². The minimum atomic E-state index is -0.242. The van der Waals surface area contributed by atoms with Crippen molar-refractivity contribution < 1.29 is 9.59 Å². The summed E-state index contributed by atoms with van der Waals surface area (Å²) in [6.07, 6.45) is 2.06. The molecule has 1 aliphatic heterocycles. The van der Waals surface area contributed by atoms with Crippen molar-refractivity contribution in [2.24, 2.45) is 0 Å². The van der Waals surface area contributed by atoms with Crippen LogP contribution in [0.2, 0.25) is 0 Å². The van der Waals surface area contributed by atoms with Crippen molar-refractivity contribution in [2.45, 2.75) is 58.5 Å². The van der Waals surface area contributed by atoms with Crippen molar-refractivity contribution in [2.75, 3.05) is 13.1 Å². The number of aryl methyl sites for hydroxylation is 1.